The molecule has 11 nitrogen and oxygen atoms in total. The Morgan fingerprint density at radius 3 is 1.48 bits per heavy atom. The predicted octanol–water partition coefficient (Wildman–Crippen LogP) is 10.8. The fraction of sp³-hybridized carbons (Fsp3) is 0.490. The maximum absolute atomic E-state index is 12.7. The molecule has 6 rings (SSSR count). The molecule has 0 bridgehead atoms. The zero-order chi connectivity index (χ0) is 47.8. The predicted molar refractivity (Wildman–Crippen MR) is 274 cm³/mol. The Kier molecular flexibility index (Phi) is 29.5. The second-order valence-electron chi connectivity index (χ2n) is 16.0. The summed E-state index contributed by atoms with van der Waals surface area (Å²) >= 11 is 0. The minimum absolute atomic E-state index is 0.0528. The number of ketones is 1. The number of unbranched alkanes of at least 4 members (excludes halogenated alkanes) is 2. The van der Waals surface area contributed by atoms with Crippen molar-refractivity contribution in [1.82, 2.24) is 14.9 Å². The lowest BCUT2D eigenvalue weighted by atomic mass is 9.83. The molecule has 4 aromatic rings. The molecule has 1 amide bonds. The van der Waals surface area contributed by atoms with Crippen LogP contribution in [0.2, 0.25) is 0 Å². The van der Waals surface area contributed by atoms with E-state index in [-0.39, 0.29) is 30.8 Å². The summed E-state index contributed by atoms with van der Waals surface area (Å²) in [6, 6.07) is 26.6. The number of carbonyl (C=O) groups excluding carboxylic acids is 2. The molecule has 2 aliphatic rings. The van der Waals surface area contributed by atoms with Gasteiger partial charge in [0.1, 0.15) is 5.78 Å². The molecule has 5 atom stereocenters. The number of benzene rings is 2. The molecule has 2 aromatic carbocycles. The molecule has 2 aliphatic heterocycles. The Morgan fingerprint density at radius 1 is 0.636 bits per heavy atom. The van der Waals surface area contributed by atoms with Gasteiger partial charge in [0.2, 0.25) is 5.91 Å². The lowest BCUT2D eigenvalue weighted by molar-refractivity contribution is -0.138. The number of Topliss-reactive ketones (excluding diaryl/α,β-unsaturated/α-hetero) is 1. The number of hydrogen-bond acceptors (Lipinski definition) is 12. The Hall–Kier alpha value is -3.86. The number of carboxylic acid groups (broad SMARTS) is 2. The summed E-state index contributed by atoms with van der Waals surface area (Å²) < 4.78 is 0. The highest BCUT2D eigenvalue weighted by atomic mass is 33.1. The van der Waals surface area contributed by atoms with Gasteiger partial charge >= 0.3 is 11.9 Å². The molecule has 360 valence electrons. The van der Waals surface area contributed by atoms with E-state index < -0.39 is 23.8 Å². The van der Waals surface area contributed by atoms with Crippen LogP contribution in [0.15, 0.2) is 110 Å². The summed E-state index contributed by atoms with van der Waals surface area (Å²) in [6.45, 7) is 4.76. The van der Waals surface area contributed by atoms with Gasteiger partial charge in [-0.3, -0.25) is 29.1 Å². The minimum Gasteiger partial charge on any atom is -0.481 e. The Morgan fingerprint density at radius 2 is 1.09 bits per heavy atom. The van der Waals surface area contributed by atoms with E-state index in [1.165, 1.54) is 37.2 Å². The number of carboxylic acids is 2. The zero-order valence-corrected chi connectivity index (χ0v) is 41.7. The average molecular weight is 980 g/mol. The lowest BCUT2D eigenvalue weighted by Crippen LogP contribution is -2.36. The largest absolute Gasteiger partial charge is 0.481 e. The summed E-state index contributed by atoms with van der Waals surface area (Å²) in [6.07, 6.45) is 17.9. The molecule has 4 heterocycles. The summed E-state index contributed by atoms with van der Waals surface area (Å²) in [7, 11) is 7.83. The van der Waals surface area contributed by atoms with E-state index in [1.54, 1.807) is 29.7 Å². The monoisotopic (exact) mass is 979 g/mol. The van der Waals surface area contributed by atoms with Crippen LogP contribution in [0.25, 0.3) is 0 Å². The standard InChI is InChI=1S/C18H21NO2.C17H20N2O2.2C8H14O2S2/c1-2-15(12-14-8-10-19-11-9-14)18(21)17(13-20)16-6-4-3-5-7-16;1-2-19(12-14-8-10-18-11-9-14)17(21)16(13-20)15-6-4-3-5-7-15;2*9-8(10)4-2-1-3-7-5-6-11-12-7/h3-11,15,17,20H,2,12-13H2,1H3;3-11,16,20H,2,12-13H2,1H3;2*7H,1-6H2,(H,9,10)/t;;2*7-/m..11/s1. The van der Waals surface area contributed by atoms with E-state index in [2.05, 4.69) is 9.97 Å². The number of likely N-dealkylation sites (N-methyl/N-ethyl adjacent to an activating group) is 1. The van der Waals surface area contributed by atoms with Gasteiger partial charge in [0.05, 0.1) is 25.0 Å². The Labute approximate surface area is 408 Å². The number of aromatic nitrogens is 2. The molecule has 2 fully saturated rings. The smallest absolute Gasteiger partial charge is 0.303 e. The molecule has 0 radical (unpaired) electrons. The van der Waals surface area contributed by atoms with E-state index in [0.29, 0.717) is 32.4 Å². The van der Waals surface area contributed by atoms with Crippen molar-refractivity contribution in [2.24, 2.45) is 5.92 Å². The maximum Gasteiger partial charge on any atom is 0.303 e. The Balaban J connectivity index is 0.000000242. The van der Waals surface area contributed by atoms with E-state index in [4.69, 9.17) is 10.2 Å². The van der Waals surface area contributed by atoms with Crippen LogP contribution in [0.4, 0.5) is 0 Å². The number of carbonyl (C=O) groups is 4. The molecule has 0 spiro atoms. The fourth-order valence-corrected chi connectivity index (χ4v) is 13.3. The molecule has 4 N–H and O–H groups in total. The van der Waals surface area contributed by atoms with Crippen LogP contribution in [0.1, 0.15) is 119 Å². The van der Waals surface area contributed by atoms with Gasteiger partial charge in [0.25, 0.3) is 0 Å². The van der Waals surface area contributed by atoms with Crippen LogP contribution in [0.5, 0.6) is 0 Å². The third-order valence-electron chi connectivity index (χ3n) is 11.1. The number of amides is 1. The highest BCUT2D eigenvalue weighted by Gasteiger charge is 2.27. The highest BCUT2D eigenvalue weighted by Crippen LogP contribution is 2.40. The molecule has 3 unspecified atom stereocenters. The topological polar surface area (TPSA) is 178 Å². The van der Waals surface area contributed by atoms with Gasteiger partial charge in [0.15, 0.2) is 0 Å². The zero-order valence-electron chi connectivity index (χ0n) is 38.4. The average Bonchev–Trinajstić information content (AvgIpc) is 4.08. The van der Waals surface area contributed by atoms with Crippen molar-refractivity contribution < 1.29 is 39.6 Å². The van der Waals surface area contributed by atoms with E-state index >= 15 is 0 Å². The van der Waals surface area contributed by atoms with Gasteiger partial charge in [-0.25, -0.2) is 0 Å². The highest BCUT2D eigenvalue weighted by molar-refractivity contribution is 8.77. The van der Waals surface area contributed by atoms with Crippen molar-refractivity contribution in [2.45, 2.75) is 120 Å². The number of hydrogen-bond donors (Lipinski definition) is 4. The van der Waals surface area contributed by atoms with Crippen molar-refractivity contribution in [3.8, 4) is 0 Å². The number of pyridine rings is 2. The first kappa shape index (κ1) is 56.5. The third kappa shape index (κ3) is 22.8. The van der Waals surface area contributed by atoms with Gasteiger partial charge < -0.3 is 25.3 Å². The molecule has 0 saturated carbocycles. The quantitative estimate of drug-likeness (QED) is 0.0408. The number of nitrogens with zero attached hydrogens (tertiary/aromatic N) is 3. The van der Waals surface area contributed by atoms with E-state index in [1.807, 2.05) is 142 Å². The van der Waals surface area contributed by atoms with Crippen LogP contribution in [0, 0.1) is 5.92 Å². The minimum atomic E-state index is -0.663. The van der Waals surface area contributed by atoms with Gasteiger partial charge in [-0.15, -0.1) is 0 Å². The van der Waals surface area contributed by atoms with Crippen molar-refractivity contribution in [3.05, 3.63) is 132 Å². The first-order chi connectivity index (χ1) is 32.1. The molecular formula is C51H69N3O8S4. The van der Waals surface area contributed by atoms with Gasteiger partial charge in [0, 0.05) is 78.6 Å². The number of aliphatic hydroxyl groups is 2. The van der Waals surface area contributed by atoms with Gasteiger partial charge in [-0.1, -0.05) is 124 Å². The van der Waals surface area contributed by atoms with Crippen molar-refractivity contribution in [2.75, 3.05) is 31.3 Å². The van der Waals surface area contributed by atoms with Crippen molar-refractivity contribution in [3.63, 3.8) is 0 Å². The van der Waals surface area contributed by atoms with Crippen molar-refractivity contribution in [1.29, 1.82) is 0 Å². The second kappa shape index (κ2) is 34.4. The lowest BCUT2D eigenvalue weighted by Gasteiger charge is -2.25. The first-order valence-corrected chi connectivity index (χ1v) is 27.8. The van der Waals surface area contributed by atoms with Crippen LogP contribution in [-0.4, -0.2) is 101 Å². The SMILES string of the molecule is CCC(Cc1ccncc1)C(=O)C(CO)c1ccccc1.CCN(Cc1ccncc1)C(=O)C(CO)c1ccccc1.O=C(O)CCCC[C@@H]1CCSS1.O=C(O)CCCC[C@@H]1CCSS1. The molecular weight excluding hydrogens is 911 g/mol. The maximum atomic E-state index is 12.7. The Bertz CT molecular complexity index is 1770. The second-order valence-corrected chi connectivity index (χ2v) is 21.6. The molecule has 0 aliphatic carbocycles. The molecule has 66 heavy (non-hydrogen) atoms. The number of aliphatic hydroxyl groups excluding tert-OH is 2. The fourth-order valence-electron chi connectivity index (χ4n) is 7.29. The normalized spacial score (nSPS) is 16.4. The first-order valence-electron chi connectivity index (χ1n) is 23.0. The van der Waals surface area contributed by atoms with Crippen LogP contribution < -0.4 is 0 Å². The summed E-state index contributed by atoms with van der Waals surface area (Å²) in [4.78, 5) is 55.5. The van der Waals surface area contributed by atoms with Gasteiger partial charge in [-0.05, 0) is 105 Å². The van der Waals surface area contributed by atoms with E-state index in [9.17, 15) is 29.4 Å². The van der Waals surface area contributed by atoms with Crippen molar-refractivity contribution >= 4 is 66.8 Å². The summed E-state index contributed by atoms with van der Waals surface area (Å²) in [5.74, 6) is 0.261. The summed E-state index contributed by atoms with van der Waals surface area (Å²) in [5, 5.41) is 37.6. The molecule has 2 aromatic heterocycles. The van der Waals surface area contributed by atoms with Crippen LogP contribution in [-0.2, 0) is 32.1 Å². The van der Waals surface area contributed by atoms with Crippen LogP contribution >= 0.6 is 43.2 Å². The molecule has 15 heteroatoms. The summed E-state index contributed by atoms with van der Waals surface area (Å²) in [5.41, 5.74) is 3.87. The third-order valence-corrected chi connectivity index (χ3v) is 17.2. The van der Waals surface area contributed by atoms with Crippen LogP contribution in [0.3, 0.4) is 0 Å². The number of rotatable bonds is 23. The van der Waals surface area contributed by atoms with E-state index in [0.717, 1.165) is 64.9 Å². The molecule has 2 saturated heterocycles. The van der Waals surface area contributed by atoms with Gasteiger partial charge in [-0.2, -0.15) is 0 Å². The number of aliphatic carboxylic acids is 2.